The highest BCUT2D eigenvalue weighted by molar-refractivity contribution is 6.38. The molecule has 0 unspecified atom stereocenters. The molecule has 2 N–H and O–H groups in total. The highest BCUT2D eigenvalue weighted by Gasteiger charge is 2.19. The van der Waals surface area contributed by atoms with Crippen LogP contribution in [0.25, 0.3) is 10.9 Å². The van der Waals surface area contributed by atoms with Crippen molar-refractivity contribution in [3.63, 3.8) is 0 Å². The fourth-order valence-electron chi connectivity index (χ4n) is 4.69. The summed E-state index contributed by atoms with van der Waals surface area (Å²) in [5, 5.41) is 7.06. The number of carbonyl (C=O) groups is 2. The van der Waals surface area contributed by atoms with E-state index in [9.17, 15) is 9.59 Å². The number of pyridine rings is 2. The Morgan fingerprint density at radius 1 is 0.909 bits per heavy atom. The second-order valence-corrected chi connectivity index (χ2v) is 11.0. The summed E-state index contributed by atoms with van der Waals surface area (Å²) in [5.74, 6) is 0.235. The van der Waals surface area contributed by atoms with Crippen LogP contribution in [-0.2, 0) is 24.2 Å². The zero-order valence-electron chi connectivity index (χ0n) is 24.3. The van der Waals surface area contributed by atoms with E-state index in [-0.39, 0.29) is 24.1 Å². The minimum Gasteiger partial charge on any atom is -0.487 e. The predicted octanol–water partition coefficient (Wildman–Crippen LogP) is 7.39. The Morgan fingerprint density at radius 3 is 2.50 bits per heavy atom. The van der Waals surface area contributed by atoms with Gasteiger partial charge < -0.3 is 20.3 Å². The van der Waals surface area contributed by atoms with Crippen LogP contribution in [0.5, 0.6) is 5.75 Å². The van der Waals surface area contributed by atoms with Crippen molar-refractivity contribution < 1.29 is 14.3 Å². The van der Waals surface area contributed by atoms with Crippen LogP contribution < -0.4 is 20.3 Å². The van der Waals surface area contributed by atoms with Gasteiger partial charge in [0, 0.05) is 46.8 Å². The quantitative estimate of drug-likeness (QED) is 0.168. The van der Waals surface area contributed by atoms with E-state index in [0.717, 1.165) is 35.0 Å². The Morgan fingerprint density at radius 2 is 1.68 bits per heavy atom. The number of para-hydroxylation sites is 1. The SMILES string of the molecule is Cc1ccc2cccc(OCc3c(Cl)ccc(N(C)C(=O)CNC(=O)Nc4cccc(CCc5ccncc5)c4)c3Cl)c2n1. The van der Waals surface area contributed by atoms with Gasteiger partial charge in [-0.1, -0.05) is 53.5 Å². The number of anilines is 2. The molecule has 3 amide bonds. The molecule has 0 aliphatic heterocycles. The number of nitrogens with one attached hydrogen (secondary N) is 2. The Balaban J connectivity index is 1.18. The van der Waals surface area contributed by atoms with Crippen LogP contribution in [0.1, 0.15) is 22.4 Å². The van der Waals surface area contributed by atoms with Gasteiger partial charge in [0.05, 0.1) is 17.3 Å². The molecule has 0 spiro atoms. The zero-order valence-corrected chi connectivity index (χ0v) is 25.8. The van der Waals surface area contributed by atoms with Crippen LogP contribution in [0.15, 0.2) is 91.3 Å². The van der Waals surface area contributed by atoms with Crippen molar-refractivity contribution in [1.82, 2.24) is 15.3 Å². The fraction of sp³-hybridized carbons (Fsp3) is 0.176. The standard InChI is InChI=1S/C34H31Cl2N5O3/c1-22-9-12-25-6-4-8-30(33(25)39-22)44-21-27-28(35)13-14-29(32(27)36)41(2)31(42)20-38-34(43)40-26-7-3-5-24(19-26)11-10-23-15-17-37-18-16-23/h3-9,12-19H,10-11,20-21H2,1-2H3,(H2,38,40,43). The number of likely N-dealkylation sites (N-methyl/N-ethyl adjacent to an activating group) is 1. The minimum absolute atomic E-state index is 0.0740. The summed E-state index contributed by atoms with van der Waals surface area (Å²) in [6.45, 7) is 1.75. The number of hydrogen-bond acceptors (Lipinski definition) is 5. The minimum atomic E-state index is -0.492. The highest BCUT2D eigenvalue weighted by Crippen LogP contribution is 2.35. The lowest BCUT2D eigenvalue weighted by molar-refractivity contribution is -0.117. The first-order valence-corrected chi connectivity index (χ1v) is 14.8. The maximum absolute atomic E-state index is 13.0. The van der Waals surface area contributed by atoms with E-state index >= 15 is 0 Å². The van der Waals surface area contributed by atoms with E-state index in [4.69, 9.17) is 27.9 Å². The lowest BCUT2D eigenvalue weighted by Crippen LogP contribution is -2.40. The van der Waals surface area contributed by atoms with E-state index in [1.165, 1.54) is 10.5 Å². The van der Waals surface area contributed by atoms with Crippen LogP contribution in [0.2, 0.25) is 10.0 Å². The number of amides is 3. The van der Waals surface area contributed by atoms with Crippen LogP contribution >= 0.6 is 23.2 Å². The summed E-state index contributed by atoms with van der Waals surface area (Å²) in [4.78, 5) is 35.7. The van der Waals surface area contributed by atoms with E-state index in [2.05, 4.69) is 20.6 Å². The average Bonchev–Trinajstić information content (AvgIpc) is 3.03. The molecule has 3 aromatic carbocycles. The van der Waals surface area contributed by atoms with Gasteiger partial charge >= 0.3 is 6.03 Å². The lowest BCUT2D eigenvalue weighted by Gasteiger charge is -2.21. The van der Waals surface area contributed by atoms with Crippen LogP contribution in [-0.4, -0.2) is 35.5 Å². The van der Waals surface area contributed by atoms with Gasteiger partial charge in [0.15, 0.2) is 0 Å². The molecule has 44 heavy (non-hydrogen) atoms. The maximum atomic E-state index is 13.0. The van der Waals surface area contributed by atoms with Crippen molar-refractivity contribution in [3.05, 3.63) is 124 Å². The molecule has 2 heterocycles. The van der Waals surface area contributed by atoms with Gasteiger partial charge in [-0.15, -0.1) is 0 Å². The number of hydrogen-bond donors (Lipinski definition) is 2. The zero-order chi connectivity index (χ0) is 31.1. The van der Waals surface area contributed by atoms with Crippen molar-refractivity contribution in [2.24, 2.45) is 0 Å². The molecule has 5 aromatic rings. The molecule has 0 saturated carbocycles. The molecule has 0 saturated heterocycles. The number of carbonyl (C=O) groups excluding carboxylic acids is 2. The third-order valence-corrected chi connectivity index (χ3v) is 7.91. The summed E-state index contributed by atoms with van der Waals surface area (Å²) in [6, 6.07) is 24.1. The van der Waals surface area contributed by atoms with E-state index in [1.807, 2.05) is 67.6 Å². The Hall–Kier alpha value is -4.66. The van der Waals surface area contributed by atoms with Gasteiger partial charge in [-0.2, -0.15) is 0 Å². The van der Waals surface area contributed by atoms with E-state index in [1.54, 1.807) is 37.6 Å². The van der Waals surface area contributed by atoms with Crippen molar-refractivity contribution in [3.8, 4) is 5.75 Å². The molecule has 0 radical (unpaired) electrons. The van der Waals surface area contributed by atoms with Gasteiger partial charge in [-0.25, -0.2) is 9.78 Å². The van der Waals surface area contributed by atoms with Crippen molar-refractivity contribution in [1.29, 1.82) is 0 Å². The number of aryl methyl sites for hydroxylation is 3. The van der Waals surface area contributed by atoms with Gasteiger partial charge in [-0.05, 0) is 79.4 Å². The molecule has 5 rings (SSSR count). The molecule has 2 aromatic heterocycles. The van der Waals surface area contributed by atoms with Gasteiger partial charge in [0.2, 0.25) is 5.91 Å². The van der Waals surface area contributed by atoms with E-state index < -0.39 is 6.03 Å². The lowest BCUT2D eigenvalue weighted by atomic mass is 10.1. The first-order chi connectivity index (χ1) is 21.3. The second-order valence-electron chi connectivity index (χ2n) is 10.2. The largest absolute Gasteiger partial charge is 0.487 e. The first kappa shape index (κ1) is 30.8. The Labute approximate surface area is 266 Å². The highest BCUT2D eigenvalue weighted by atomic mass is 35.5. The number of benzene rings is 3. The third-order valence-electron chi connectivity index (χ3n) is 7.13. The normalized spacial score (nSPS) is 10.8. The van der Waals surface area contributed by atoms with Crippen LogP contribution in [0, 0.1) is 6.92 Å². The molecular formula is C34H31Cl2N5O3. The maximum Gasteiger partial charge on any atom is 0.319 e. The monoisotopic (exact) mass is 627 g/mol. The number of nitrogens with zero attached hydrogens (tertiary/aromatic N) is 3. The fourth-order valence-corrected chi connectivity index (χ4v) is 5.29. The number of rotatable bonds is 10. The molecule has 224 valence electrons. The molecular weight excluding hydrogens is 597 g/mol. The third kappa shape index (κ3) is 7.64. The van der Waals surface area contributed by atoms with E-state index in [0.29, 0.717) is 27.7 Å². The van der Waals surface area contributed by atoms with Crippen molar-refractivity contribution in [2.45, 2.75) is 26.4 Å². The van der Waals surface area contributed by atoms with Crippen LogP contribution in [0.4, 0.5) is 16.2 Å². The number of aromatic nitrogens is 2. The molecule has 0 aliphatic carbocycles. The van der Waals surface area contributed by atoms with Gasteiger partial charge in [0.1, 0.15) is 17.9 Å². The predicted molar refractivity (Wildman–Crippen MR) is 176 cm³/mol. The van der Waals surface area contributed by atoms with Gasteiger partial charge in [-0.3, -0.25) is 9.78 Å². The first-order valence-electron chi connectivity index (χ1n) is 14.0. The molecule has 0 aliphatic rings. The Bertz CT molecular complexity index is 1800. The summed E-state index contributed by atoms with van der Waals surface area (Å²) >= 11 is 13.2. The molecule has 0 bridgehead atoms. The Kier molecular flexibility index (Phi) is 9.94. The molecule has 0 fully saturated rings. The molecule has 0 atom stereocenters. The second kappa shape index (κ2) is 14.2. The summed E-state index contributed by atoms with van der Waals surface area (Å²) < 4.78 is 6.10. The summed E-state index contributed by atoms with van der Waals surface area (Å²) in [5.41, 5.74) is 5.50. The van der Waals surface area contributed by atoms with Crippen molar-refractivity contribution >= 4 is 57.4 Å². The number of halogens is 2. The number of fused-ring (bicyclic) bond motifs is 1. The van der Waals surface area contributed by atoms with Crippen molar-refractivity contribution in [2.75, 3.05) is 23.8 Å². The smallest absolute Gasteiger partial charge is 0.319 e. The number of ether oxygens (including phenoxy) is 1. The average molecular weight is 629 g/mol. The summed E-state index contributed by atoms with van der Waals surface area (Å²) in [7, 11) is 1.59. The topological polar surface area (TPSA) is 96.5 Å². The van der Waals surface area contributed by atoms with Crippen LogP contribution in [0.3, 0.4) is 0 Å². The number of urea groups is 1. The summed E-state index contributed by atoms with van der Waals surface area (Å²) in [6.07, 6.45) is 5.23. The molecule has 10 heteroatoms. The van der Waals surface area contributed by atoms with Gasteiger partial charge in [0.25, 0.3) is 0 Å². The molecule has 8 nitrogen and oxygen atoms in total.